The van der Waals surface area contributed by atoms with Gasteiger partial charge in [-0.15, -0.1) is 0 Å². The molecular weight excluding hydrogens is 190 g/mol. The quantitative estimate of drug-likeness (QED) is 0.629. The number of nitrogens with two attached hydrogens (primary N) is 1. The monoisotopic (exact) mass is 215 g/mol. The van der Waals surface area contributed by atoms with Crippen molar-refractivity contribution in [1.29, 1.82) is 0 Å². The van der Waals surface area contributed by atoms with Crippen LogP contribution in [-0.4, -0.2) is 33.0 Å². The van der Waals surface area contributed by atoms with E-state index in [0.29, 0.717) is 6.04 Å². The SMILES string of the molecule is COCCCOCCC(N)C1CCCC1. The molecule has 0 saturated heterocycles. The van der Waals surface area contributed by atoms with E-state index in [1.54, 1.807) is 7.11 Å². The molecule has 3 heteroatoms. The Morgan fingerprint density at radius 3 is 2.60 bits per heavy atom. The van der Waals surface area contributed by atoms with Crippen LogP contribution in [0.4, 0.5) is 0 Å². The molecule has 2 N–H and O–H groups in total. The van der Waals surface area contributed by atoms with E-state index in [4.69, 9.17) is 15.2 Å². The summed E-state index contributed by atoms with van der Waals surface area (Å²) in [6.45, 7) is 2.39. The Morgan fingerprint density at radius 1 is 1.20 bits per heavy atom. The van der Waals surface area contributed by atoms with Gasteiger partial charge in [-0.3, -0.25) is 0 Å². The molecule has 0 aromatic carbocycles. The summed E-state index contributed by atoms with van der Waals surface area (Å²) in [4.78, 5) is 0. The van der Waals surface area contributed by atoms with E-state index in [2.05, 4.69) is 0 Å². The molecule has 0 aromatic heterocycles. The van der Waals surface area contributed by atoms with E-state index in [1.807, 2.05) is 0 Å². The minimum absolute atomic E-state index is 0.356. The molecule has 1 rings (SSSR count). The molecule has 0 radical (unpaired) electrons. The molecule has 1 unspecified atom stereocenters. The van der Waals surface area contributed by atoms with Gasteiger partial charge in [0, 0.05) is 33.0 Å². The first kappa shape index (κ1) is 12.9. The van der Waals surface area contributed by atoms with E-state index in [9.17, 15) is 0 Å². The molecule has 90 valence electrons. The Morgan fingerprint density at radius 2 is 1.93 bits per heavy atom. The average molecular weight is 215 g/mol. The maximum atomic E-state index is 6.12. The minimum atomic E-state index is 0.356. The summed E-state index contributed by atoms with van der Waals surface area (Å²) in [6, 6.07) is 0.356. The lowest BCUT2D eigenvalue weighted by Crippen LogP contribution is -2.29. The highest BCUT2D eigenvalue weighted by molar-refractivity contribution is 4.77. The first-order valence-corrected chi connectivity index (χ1v) is 6.17. The van der Waals surface area contributed by atoms with Crippen molar-refractivity contribution < 1.29 is 9.47 Å². The number of methoxy groups -OCH3 is 1. The van der Waals surface area contributed by atoms with Crippen LogP contribution in [0.25, 0.3) is 0 Å². The molecule has 1 saturated carbocycles. The van der Waals surface area contributed by atoms with Crippen molar-refractivity contribution in [3.63, 3.8) is 0 Å². The van der Waals surface area contributed by atoms with E-state index in [-0.39, 0.29) is 0 Å². The smallest absolute Gasteiger partial charge is 0.0487 e. The van der Waals surface area contributed by atoms with E-state index in [0.717, 1.165) is 38.6 Å². The summed E-state index contributed by atoms with van der Waals surface area (Å²) in [7, 11) is 1.72. The van der Waals surface area contributed by atoms with E-state index >= 15 is 0 Å². The average Bonchev–Trinajstić information content (AvgIpc) is 2.76. The number of hydrogen-bond acceptors (Lipinski definition) is 3. The van der Waals surface area contributed by atoms with Crippen LogP contribution >= 0.6 is 0 Å². The summed E-state index contributed by atoms with van der Waals surface area (Å²) >= 11 is 0. The number of ether oxygens (including phenoxy) is 2. The predicted molar refractivity (Wildman–Crippen MR) is 61.9 cm³/mol. The van der Waals surface area contributed by atoms with Crippen LogP contribution in [0.5, 0.6) is 0 Å². The minimum Gasteiger partial charge on any atom is -0.385 e. The summed E-state index contributed by atoms with van der Waals surface area (Å²) in [6.07, 6.45) is 7.38. The number of hydrogen-bond donors (Lipinski definition) is 1. The Hall–Kier alpha value is -0.120. The van der Waals surface area contributed by atoms with Gasteiger partial charge in [-0.2, -0.15) is 0 Å². The standard InChI is InChI=1S/C12H25NO2/c1-14-8-4-9-15-10-7-12(13)11-5-2-3-6-11/h11-12H,2-10,13H2,1H3. The molecule has 0 aliphatic heterocycles. The lowest BCUT2D eigenvalue weighted by molar-refractivity contribution is 0.0953. The molecule has 0 amide bonds. The third-order valence-corrected chi connectivity index (χ3v) is 3.24. The first-order chi connectivity index (χ1) is 7.34. The van der Waals surface area contributed by atoms with Gasteiger partial charge < -0.3 is 15.2 Å². The Balaban J connectivity index is 1.90. The lowest BCUT2D eigenvalue weighted by Gasteiger charge is -2.18. The lowest BCUT2D eigenvalue weighted by atomic mass is 9.97. The maximum absolute atomic E-state index is 6.12. The van der Waals surface area contributed by atoms with Crippen molar-refractivity contribution >= 4 is 0 Å². The zero-order valence-electron chi connectivity index (χ0n) is 9.91. The molecule has 1 aliphatic rings. The highest BCUT2D eigenvalue weighted by Crippen LogP contribution is 2.27. The topological polar surface area (TPSA) is 44.5 Å². The van der Waals surface area contributed by atoms with Gasteiger partial charge in [0.2, 0.25) is 0 Å². The molecule has 1 aliphatic carbocycles. The second-order valence-corrected chi connectivity index (χ2v) is 4.46. The van der Waals surface area contributed by atoms with E-state index in [1.165, 1.54) is 25.7 Å². The predicted octanol–water partition coefficient (Wildman–Crippen LogP) is 1.95. The van der Waals surface area contributed by atoms with Crippen LogP contribution in [0.2, 0.25) is 0 Å². The molecule has 0 spiro atoms. The fourth-order valence-corrected chi connectivity index (χ4v) is 2.25. The van der Waals surface area contributed by atoms with Crippen LogP contribution < -0.4 is 5.73 Å². The van der Waals surface area contributed by atoms with Crippen LogP contribution in [0, 0.1) is 5.92 Å². The van der Waals surface area contributed by atoms with Gasteiger partial charge in [0.25, 0.3) is 0 Å². The van der Waals surface area contributed by atoms with Crippen LogP contribution in [0.1, 0.15) is 38.5 Å². The van der Waals surface area contributed by atoms with Crippen molar-refractivity contribution in [2.45, 2.75) is 44.6 Å². The van der Waals surface area contributed by atoms with Crippen LogP contribution in [0.3, 0.4) is 0 Å². The maximum Gasteiger partial charge on any atom is 0.0487 e. The highest BCUT2D eigenvalue weighted by Gasteiger charge is 2.21. The Labute approximate surface area is 93.3 Å². The van der Waals surface area contributed by atoms with Gasteiger partial charge in [0.15, 0.2) is 0 Å². The Kier molecular flexibility index (Phi) is 6.98. The fraction of sp³-hybridized carbons (Fsp3) is 1.00. The summed E-state index contributed by atoms with van der Waals surface area (Å²) in [5, 5.41) is 0. The molecule has 0 bridgehead atoms. The third kappa shape index (κ3) is 5.50. The second-order valence-electron chi connectivity index (χ2n) is 4.46. The van der Waals surface area contributed by atoms with Gasteiger partial charge >= 0.3 is 0 Å². The van der Waals surface area contributed by atoms with Crippen molar-refractivity contribution in [1.82, 2.24) is 0 Å². The summed E-state index contributed by atoms with van der Waals surface area (Å²) < 4.78 is 10.5. The summed E-state index contributed by atoms with van der Waals surface area (Å²) in [5.41, 5.74) is 6.12. The summed E-state index contributed by atoms with van der Waals surface area (Å²) in [5.74, 6) is 0.757. The zero-order valence-corrected chi connectivity index (χ0v) is 9.91. The molecule has 0 aromatic rings. The van der Waals surface area contributed by atoms with Crippen LogP contribution in [0.15, 0.2) is 0 Å². The first-order valence-electron chi connectivity index (χ1n) is 6.17. The fourth-order valence-electron chi connectivity index (χ4n) is 2.25. The zero-order chi connectivity index (χ0) is 10.9. The van der Waals surface area contributed by atoms with Crippen molar-refractivity contribution in [3.05, 3.63) is 0 Å². The van der Waals surface area contributed by atoms with Gasteiger partial charge in [0.1, 0.15) is 0 Å². The number of rotatable bonds is 8. The van der Waals surface area contributed by atoms with Gasteiger partial charge in [-0.25, -0.2) is 0 Å². The largest absolute Gasteiger partial charge is 0.385 e. The highest BCUT2D eigenvalue weighted by atomic mass is 16.5. The normalized spacial score (nSPS) is 19.6. The van der Waals surface area contributed by atoms with Gasteiger partial charge in [-0.05, 0) is 31.6 Å². The second kappa shape index (κ2) is 8.08. The third-order valence-electron chi connectivity index (χ3n) is 3.24. The molecule has 15 heavy (non-hydrogen) atoms. The van der Waals surface area contributed by atoms with Crippen molar-refractivity contribution in [3.8, 4) is 0 Å². The van der Waals surface area contributed by atoms with Crippen LogP contribution in [-0.2, 0) is 9.47 Å². The van der Waals surface area contributed by atoms with Gasteiger partial charge in [0.05, 0.1) is 0 Å². The molecule has 1 atom stereocenters. The van der Waals surface area contributed by atoms with Crippen molar-refractivity contribution in [2.24, 2.45) is 11.7 Å². The molecular formula is C12H25NO2. The Bertz CT molecular complexity index is 147. The van der Waals surface area contributed by atoms with Gasteiger partial charge in [-0.1, -0.05) is 12.8 Å². The molecule has 3 nitrogen and oxygen atoms in total. The molecule has 0 heterocycles. The molecule has 1 fully saturated rings. The van der Waals surface area contributed by atoms with E-state index < -0.39 is 0 Å². The van der Waals surface area contributed by atoms with Crippen molar-refractivity contribution in [2.75, 3.05) is 26.9 Å².